The fraction of sp³-hybridized carbons (Fsp3) is 1.00. The molecule has 188 valence electrons. The van der Waals surface area contributed by atoms with Crippen LogP contribution in [0.25, 0.3) is 0 Å². The van der Waals surface area contributed by atoms with Gasteiger partial charge in [-0.1, -0.05) is 137 Å². The topological polar surface area (TPSA) is 0 Å². The molecule has 0 rings (SSSR count). The number of hydrogen-bond acceptors (Lipinski definition) is 0. The van der Waals surface area contributed by atoms with E-state index in [4.69, 9.17) is 0 Å². The van der Waals surface area contributed by atoms with Crippen molar-refractivity contribution in [3.8, 4) is 0 Å². The molecule has 0 saturated carbocycles. The Balaban J connectivity index is 7.40. The molecular formula is C27H61BrSi3. The van der Waals surface area contributed by atoms with E-state index in [0.29, 0.717) is 30.2 Å². The van der Waals surface area contributed by atoms with Crippen molar-refractivity contribution in [2.24, 2.45) is 0 Å². The second-order valence-electron chi connectivity index (χ2n) is 17.1. The molecule has 0 aromatic heterocycles. The maximum absolute atomic E-state index is 4.64. The number of hydrogen-bond donors (Lipinski definition) is 0. The summed E-state index contributed by atoms with van der Waals surface area (Å²) in [5.74, 6) is 0. The molecule has 0 heterocycles. The highest BCUT2D eigenvalue weighted by atomic mass is 79.9. The number of rotatable bonds is 4. The third-order valence-corrected chi connectivity index (χ3v) is 46.1. The Hall–Kier alpha value is 1.13. The SMILES string of the molecule is CC(C)(C)[Si](C)(C[Si](C[Si](Br)(C(C)(C)C)C(C)(C)C)(C(C)(C)C)C(C)(C)C)C(C)(C)C. The Morgan fingerprint density at radius 3 is 0.839 bits per heavy atom. The summed E-state index contributed by atoms with van der Waals surface area (Å²) in [6.45, 7) is 47.1. The van der Waals surface area contributed by atoms with Gasteiger partial charge in [0.05, 0.1) is 16.1 Å². The van der Waals surface area contributed by atoms with E-state index in [9.17, 15) is 0 Å². The molecular weight excluding hydrogens is 488 g/mol. The van der Waals surface area contributed by atoms with Gasteiger partial charge in [-0.15, -0.1) is 15.3 Å². The minimum atomic E-state index is -1.83. The van der Waals surface area contributed by atoms with Crippen LogP contribution in [-0.4, -0.2) is 22.8 Å². The zero-order valence-electron chi connectivity index (χ0n) is 25.3. The largest absolute Gasteiger partial charge is 0.138 e. The van der Waals surface area contributed by atoms with E-state index in [0.717, 1.165) is 0 Å². The molecule has 0 aromatic rings. The zero-order chi connectivity index (χ0) is 25.9. The Labute approximate surface area is 210 Å². The van der Waals surface area contributed by atoms with E-state index in [1.807, 2.05) is 0 Å². The normalized spacial score (nSPS) is 16.6. The highest BCUT2D eigenvalue weighted by molar-refractivity contribution is 9.26. The minimum absolute atomic E-state index is 0.321. The fourth-order valence-corrected chi connectivity index (χ4v) is 44.4. The molecule has 31 heavy (non-hydrogen) atoms. The summed E-state index contributed by atoms with van der Waals surface area (Å²) in [5, 5.41) is 2.14. The van der Waals surface area contributed by atoms with Crippen molar-refractivity contribution < 1.29 is 0 Å². The van der Waals surface area contributed by atoms with Gasteiger partial charge < -0.3 is 0 Å². The molecule has 0 spiro atoms. The van der Waals surface area contributed by atoms with Crippen LogP contribution in [0.5, 0.6) is 0 Å². The third-order valence-electron chi connectivity index (χ3n) is 9.76. The standard InChI is InChI=1S/C27H61BrSi3/c1-22(2,3)29(19,23(4,5)6)20-30(24(7,8)9,25(10,11)12)21-31(28,26(13,14)15)27(16,17)18/h20-21H2,1-19H3. The van der Waals surface area contributed by atoms with Crippen molar-refractivity contribution in [3.05, 3.63) is 0 Å². The first kappa shape index (κ1) is 32.1. The van der Waals surface area contributed by atoms with Gasteiger partial charge in [-0.05, 0) is 35.9 Å². The maximum atomic E-state index is 4.64. The molecule has 0 atom stereocenters. The monoisotopic (exact) mass is 548 g/mol. The Morgan fingerprint density at radius 1 is 0.419 bits per heavy atom. The maximum Gasteiger partial charge on any atom is 0.138 e. The molecule has 0 nitrogen and oxygen atoms in total. The first-order valence-corrected chi connectivity index (χ1v) is 22.2. The average molecular weight is 550 g/mol. The van der Waals surface area contributed by atoms with Crippen LogP contribution in [0.4, 0.5) is 0 Å². The van der Waals surface area contributed by atoms with Crippen LogP contribution in [0, 0.1) is 0 Å². The molecule has 0 saturated heterocycles. The van der Waals surface area contributed by atoms with E-state index in [2.05, 4.69) is 146 Å². The Bertz CT molecular complexity index is 524. The molecule has 0 aliphatic heterocycles. The van der Waals surface area contributed by atoms with Gasteiger partial charge in [0, 0.05) is 0 Å². The summed E-state index contributed by atoms with van der Waals surface area (Å²) in [4.78, 5) is 0. The third kappa shape index (κ3) is 5.86. The first-order chi connectivity index (χ1) is 12.9. The van der Waals surface area contributed by atoms with Crippen LogP contribution >= 0.6 is 15.3 Å². The molecule has 0 N–H and O–H groups in total. The van der Waals surface area contributed by atoms with Gasteiger partial charge in [-0.25, -0.2) is 0 Å². The van der Waals surface area contributed by atoms with Crippen molar-refractivity contribution in [2.45, 2.75) is 173 Å². The van der Waals surface area contributed by atoms with E-state index in [1.54, 1.807) is 0 Å². The van der Waals surface area contributed by atoms with Gasteiger partial charge in [-0.3, -0.25) is 0 Å². The van der Waals surface area contributed by atoms with Crippen LogP contribution in [0.15, 0.2) is 0 Å². The molecule has 0 fully saturated rings. The van der Waals surface area contributed by atoms with Crippen LogP contribution < -0.4 is 0 Å². The van der Waals surface area contributed by atoms with E-state index >= 15 is 0 Å². The Morgan fingerprint density at radius 2 is 0.677 bits per heavy atom. The highest BCUT2D eigenvalue weighted by Gasteiger charge is 2.65. The molecule has 0 radical (unpaired) electrons. The van der Waals surface area contributed by atoms with Gasteiger partial charge in [0.25, 0.3) is 0 Å². The zero-order valence-corrected chi connectivity index (χ0v) is 29.9. The quantitative estimate of drug-likeness (QED) is 0.242. The van der Waals surface area contributed by atoms with E-state index in [-0.39, 0.29) is 0 Å². The molecule has 0 bridgehead atoms. The fourth-order valence-electron chi connectivity index (χ4n) is 6.58. The summed E-state index contributed by atoms with van der Waals surface area (Å²) in [5.41, 5.74) is 2.99. The lowest BCUT2D eigenvalue weighted by molar-refractivity contribution is 0.583. The molecule has 0 aliphatic carbocycles. The van der Waals surface area contributed by atoms with Gasteiger partial charge in [-0.2, -0.15) is 0 Å². The lowest BCUT2D eigenvalue weighted by Gasteiger charge is -2.64. The van der Waals surface area contributed by atoms with Crippen molar-refractivity contribution in [1.29, 1.82) is 0 Å². The van der Waals surface area contributed by atoms with Gasteiger partial charge in [0.15, 0.2) is 0 Å². The summed E-state index contributed by atoms with van der Waals surface area (Å²) < 4.78 is 0. The second-order valence-corrected chi connectivity index (χ2v) is 39.4. The highest BCUT2D eigenvalue weighted by Crippen LogP contribution is 2.68. The van der Waals surface area contributed by atoms with E-state index < -0.39 is 22.8 Å². The van der Waals surface area contributed by atoms with Crippen LogP contribution in [0.2, 0.25) is 48.1 Å². The smallest absolute Gasteiger partial charge is 0.125 e. The van der Waals surface area contributed by atoms with Crippen molar-refractivity contribution in [2.75, 3.05) is 0 Å². The molecule has 0 amide bonds. The number of halogens is 1. The predicted octanol–water partition coefficient (Wildman–Crippen LogP) is 11.7. The van der Waals surface area contributed by atoms with Gasteiger partial charge >= 0.3 is 0 Å². The lowest BCUT2D eigenvalue weighted by atomic mass is 10.2. The summed E-state index contributed by atoms with van der Waals surface area (Å²) in [6.07, 6.45) is 0. The minimum Gasteiger partial charge on any atom is -0.125 e. The summed E-state index contributed by atoms with van der Waals surface area (Å²) in [7, 11) is -3.49. The summed E-state index contributed by atoms with van der Waals surface area (Å²) in [6, 6.07) is 0. The van der Waals surface area contributed by atoms with Crippen LogP contribution in [0.1, 0.15) is 125 Å². The second kappa shape index (κ2) is 8.66. The first-order valence-electron chi connectivity index (χ1n) is 12.6. The lowest BCUT2D eigenvalue weighted by Crippen LogP contribution is -2.66. The van der Waals surface area contributed by atoms with Crippen molar-refractivity contribution in [3.63, 3.8) is 0 Å². The molecule has 4 heteroatoms. The van der Waals surface area contributed by atoms with Crippen molar-refractivity contribution >= 4 is 38.1 Å². The Kier molecular flexibility index (Phi) is 8.97. The molecule has 0 unspecified atom stereocenters. The molecule has 0 aromatic carbocycles. The van der Waals surface area contributed by atoms with Crippen molar-refractivity contribution in [1.82, 2.24) is 0 Å². The predicted molar refractivity (Wildman–Crippen MR) is 160 cm³/mol. The van der Waals surface area contributed by atoms with Gasteiger partial charge in [0.1, 0.15) is 6.69 Å². The summed E-state index contributed by atoms with van der Waals surface area (Å²) >= 11 is 4.64. The molecule has 0 aliphatic rings. The average Bonchev–Trinajstić information content (AvgIpc) is 2.38. The van der Waals surface area contributed by atoms with Crippen LogP contribution in [0.3, 0.4) is 0 Å². The van der Waals surface area contributed by atoms with Gasteiger partial charge in [0.2, 0.25) is 0 Å². The van der Waals surface area contributed by atoms with Crippen LogP contribution in [-0.2, 0) is 0 Å². The van der Waals surface area contributed by atoms with E-state index in [1.165, 1.54) is 11.3 Å².